The van der Waals surface area contributed by atoms with Crippen molar-refractivity contribution in [1.29, 1.82) is 0 Å². The lowest BCUT2D eigenvalue weighted by Gasteiger charge is -2.17. The summed E-state index contributed by atoms with van der Waals surface area (Å²) in [6.45, 7) is 0. The van der Waals surface area contributed by atoms with Gasteiger partial charge < -0.3 is 0 Å². The van der Waals surface area contributed by atoms with Gasteiger partial charge in [0.2, 0.25) is 5.91 Å². The fourth-order valence-electron chi connectivity index (χ4n) is 3.96. The van der Waals surface area contributed by atoms with Crippen molar-refractivity contribution in [2.24, 2.45) is 23.7 Å². The van der Waals surface area contributed by atoms with Crippen molar-refractivity contribution in [3.05, 3.63) is 48.0 Å². The average molecular weight is 296 g/mol. The molecule has 4 atom stereocenters. The van der Waals surface area contributed by atoms with Gasteiger partial charge in [-0.3, -0.25) is 19.8 Å². The zero-order chi connectivity index (χ0) is 15.3. The van der Waals surface area contributed by atoms with E-state index in [0.717, 1.165) is 17.0 Å². The summed E-state index contributed by atoms with van der Waals surface area (Å²) in [5, 5.41) is 0.951. The number of nitrogens with one attached hydrogen (secondary N) is 1. The Morgan fingerprint density at radius 1 is 1.05 bits per heavy atom. The maximum Gasteiger partial charge on any atom is 0.252 e. The van der Waals surface area contributed by atoms with Crippen LogP contribution in [0, 0.1) is 23.7 Å². The summed E-state index contributed by atoms with van der Waals surface area (Å²) in [4.78, 5) is 36.9. The fraction of sp³-hybridized carbons (Fsp3) is 0.353. The molecule has 5 nitrogen and oxygen atoms in total. The summed E-state index contributed by atoms with van der Waals surface area (Å²) in [7, 11) is 0. The molecule has 22 heavy (non-hydrogen) atoms. The number of imide groups is 1. The van der Waals surface area contributed by atoms with Crippen LogP contribution in [-0.4, -0.2) is 22.7 Å². The molecule has 1 saturated carbocycles. The minimum absolute atomic E-state index is 0.151. The predicted molar refractivity (Wildman–Crippen MR) is 77.9 cm³/mol. The predicted octanol–water partition coefficient (Wildman–Crippen LogP) is 1.07. The largest absolute Gasteiger partial charge is 0.273 e. The lowest BCUT2D eigenvalue weighted by atomic mass is 9.85. The van der Waals surface area contributed by atoms with Crippen LogP contribution in [-0.2, 0) is 20.8 Å². The molecule has 1 saturated heterocycles. The molecule has 5 heteroatoms. The summed E-state index contributed by atoms with van der Waals surface area (Å²) < 4.78 is 0. The number of rotatable bonds is 3. The van der Waals surface area contributed by atoms with Crippen LogP contribution >= 0.6 is 0 Å². The number of amides is 3. The highest BCUT2D eigenvalue weighted by atomic mass is 16.2. The van der Waals surface area contributed by atoms with Gasteiger partial charge in [0.05, 0.1) is 18.3 Å². The van der Waals surface area contributed by atoms with E-state index in [-0.39, 0.29) is 47.8 Å². The third kappa shape index (κ3) is 1.89. The lowest BCUT2D eigenvalue weighted by molar-refractivity contribution is -0.149. The van der Waals surface area contributed by atoms with Gasteiger partial charge in [0.15, 0.2) is 0 Å². The highest BCUT2D eigenvalue weighted by Gasteiger charge is 2.59. The molecule has 3 aliphatic rings. The summed E-state index contributed by atoms with van der Waals surface area (Å²) >= 11 is 0. The summed E-state index contributed by atoms with van der Waals surface area (Å²) in [6, 6.07) is 9.25. The Balaban J connectivity index is 1.47. The number of fused-ring (bicyclic) bond motifs is 5. The van der Waals surface area contributed by atoms with Gasteiger partial charge in [0.1, 0.15) is 0 Å². The first kappa shape index (κ1) is 13.2. The van der Waals surface area contributed by atoms with Gasteiger partial charge in [-0.2, -0.15) is 5.01 Å². The van der Waals surface area contributed by atoms with E-state index in [4.69, 9.17) is 0 Å². The molecule has 1 heterocycles. The zero-order valence-electron chi connectivity index (χ0n) is 11.9. The lowest BCUT2D eigenvalue weighted by Crippen LogP contribution is -2.47. The van der Waals surface area contributed by atoms with E-state index in [1.165, 1.54) is 0 Å². The Kier molecular flexibility index (Phi) is 2.89. The van der Waals surface area contributed by atoms with Gasteiger partial charge in [0, 0.05) is 0 Å². The highest BCUT2D eigenvalue weighted by Crippen LogP contribution is 2.52. The van der Waals surface area contributed by atoms with Crippen molar-refractivity contribution in [3.8, 4) is 0 Å². The number of hydrogen-bond donors (Lipinski definition) is 1. The molecule has 1 N–H and O–H groups in total. The van der Waals surface area contributed by atoms with E-state index in [1.807, 2.05) is 42.5 Å². The molecule has 1 aromatic rings. The Hall–Kier alpha value is -2.43. The van der Waals surface area contributed by atoms with Crippen molar-refractivity contribution < 1.29 is 14.4 Å². The quantitative estimate of drug-likeness (QED) is 0.670. The third-order valence-electron chi connectivity index (χ3n) is 4.91. The van der Waals surface area contributed by atoms with E-state index in [0.29, 0.717) is 0 Å². The second-order valence-corrected chi connectivity index (χ2v) is 6.21. The molecule has 2 fully saturated rings. The first-order valence-electron chi connectivity index (χ1n) is 7.54. The normalized spacial score (nSPS) is 31.7. The molecule has 2 aliphatic carbocycles. The van der Waals surface area contributed by atoms with E-state index < -0.39 is 0 Å². The molecule has 3 amide bonds. The summed E-state index contributed by atoms with van der Waals surface area (Å²) in [6.07, 6.45) is 5.11. The van der Waals surface area contributed by atoms with Gasteiger partial charge in [-0.05, 0) is 23.8 Å². The van der Waals surface area contributed by atoms with Crippen molar-refractivity contribution >= 4 is 17.7 Å². The Morgan fingerprint density at radius 3 is 2.23 bits per heavy atom. The van der Waals surface area contributed by atoms with Crippen molar-refractivity contribution in [3.63, 3.8) is 0 Å². The van der Waals surface area contributed by atoms with Crippen LogP contribution in [0.15, 0.2) is 42.5 Å². The van der Waals surface area contributed by atoms with Crippen LogP contribution in [0.5, 0.6) is 0 Å². The number of nitrogens with zero attached hydrogens (tertiary/aromatic N) is 1. The van der Waals surface area contributed by atoms with Crippen molar-refractivity contribution in [2.45, 2.75) is 12.8 Å². The topological polar surface area (TPSA) is 66.5 Å². The van der Waals surface area contributed by atoms with E-state index in [2.05, 4.69) is 5.43 Å². The fourth-order valence-corrected chi connectivity index (χ4v) is 3.96. The van der Waals surface area contributed by atoms with Crippen LogP contribution in [0.3, 0.4) is 0 Å². The Bertz CT molecular complexity index is 652. The first-order chi connectivity index (χ1) is 10.6. The number of allylic oxidation sites excluding steroid dienone is 2. The molecule has 0 aromatic heterocycles. The second-order valence-electron chi connectivity index (χ2n) is 6.21. The maximum absolute atomic E-state index is 12.4. The number of carbonyl (C=O) groups excluding carboxylic acids is 3. The van der Waals surface area contributed by atoms with Gasteiger partial charge in [-0.1, -0.05) is 42.5 Å². The maximum atomic E-state index is 12.4. The minimum Gasteiger partial charge on any atom is -0.273 e. The Labute approximate surface area is 128 Å². The molecule has 0 unspecified atom stereocenters. The SMILES string of the molecule is O=C(Cc1ccccc1)NN1C(=O)[C@@H]2[C@@H](C1=O)[C@H]1C=C[C@@H]2C1. The van der Waals surface area contributed by atoms with Crippen LogP contribution in [0.1, 0.15) is 12.0 Å². The van der Waals surface area contributed by atoms with Gasteiger partial charge >= 0.3 is 0 Å². The molecule has 0 spiro atoms. The minimum atomic E-state index is -0.340. The first-order valence-corrected chi connectivity index (χ1v) is 7.54. The highest BCUT2D eigenvalue weighted by molar-refractivity contribution is 6.07. The van der Waals surface area contributed by atoms with E-state index in [9.17, 15) is 14.4 Å². The Morgan fingerprint density at radius 2 is 1.64 bits per heavy atom. The molecular formula is C17H16N2O3. The third-order valence-corrected chi connectivity index (χ3v) is 4.91. The molecule has 1 aromatic carbocycles. The van der Waals surface area contributed by atoms with E-state index >= 15 is 0 Å². The number of hydrazine groups is 1. The summed E-state index contributed by atoms with van der Waals surface area (Å²) in [5.41, 5.74) is 3.34. The van der Waals surface area contributed by atoms with Crippen LogP contribution in [0.4, 0.5) is 0 Å². The van der Waals surface area contributed by atoms with Gasteiger partial charge in [-0.15, -0.1) is 0 Å². The molecule has 0 radical (unpaired) electrons. The second kappa shape index (κ2) is 4.80. The molecular weight excluding hydrogens is 280 g/mol. The number of hydrogen-bond acceptors (Lipinski definition) is 3. The number of benzene rings is 1. The standard InChI is InChI=1S/C17H16N2O3/c20-13(8-10-4-2-1-3-5-10)18-19-16(21)14-11-6-7-12(9-11)15(14)17(19)22/h1-7,11-12,14-15H,8-9H2,(H,18,20)/t11-,12+,14-,15-/m0/s1. The van der Waals surface area contributed by atoms with Crippen LogP contribution in [0.2, 0.25) is 0 Å². The molecule has 112 valence electrons. The molecule has 1 aliphatic heterocycles. The van der Waals surface area contributed by atoms with Crippen LogP contribution < -0.4 is 5.43 Å². The van der Waals surface area contributed by atoms with Crippen molar-refractivity contribution in [1.82, 2.24) is 10.4 Å². The summed E-state index contributed by atoms with van der Waals surface area (Å²) in [5.74, 6) is -1.10. The smallest absolute Gasteiger partial charge is 0.252 e. The number of carbonyl (C=O) groups is 3. The zero-order valence-corrected chi connectivity index (χ0v) is 11.9. The van der Waals surface area contributed by atoms with E-state index in [1.54, 1.807) is 0 Å². The molecule has 4 rings (SSSR count). The van der Waals surface area contributed by atoms with Crippen LogP contribution in [0.25, 0.3) is 0 Å². The molecule has 2 bridgehead atoms. The van der Waals surface area contributed by atoms with Gasteiger partial charge in [-0.25, -0.2) is 0 Å². The van der Waals surface area contributed by atoms with Gasteiger partial charge in [0.25, 0.3) is 11.8 Å². The average Bonchev–Trinajstić information content (AvgIpc) is 3.18. The van der Waals surface area contributed by atoms with Crippen molar-refractivity contribution in [2.75, 3.05) is 0 Å². The monoisotopic (exact) mass is 296 g/mol.